The molecule has 0 radical (unpaired) electrons. The molecule has 0 aromatic heterocycles. The Hall–Kier alpha value is 2.86. The molecule has 4 heteroatoms. The van der Waals surface area contributed by atoms with Crippen LogP contribution >= 0.6 is 0 Å². The Morgan fingerprint density at radius 3 is 0.250 bits per heavy atom. The quantitative estimate of drug-likeness (QED) is 0.473. The molecule has 0 saturated carbocycles. The predicted octanol–water partition coefficient (Wildman–Crippen LogP) is -0.0100. The van der Waals surface area contributed by atoms with Crippen molar-refractivity contribution < 1.29 is 86.9 Å². The molecule has 0 nitrogen and oxygen atoms in total. The predicted molar refractivity (Wildman–Crippen MR) is 0 cm³/mol. The normalized spacial score (nSPS) is 0. The van der Waals surface area contributed by atoms with Gasteiger partial charge in [-0.2, -0.15) is 0 Å². The van der Waals surface area contributed by atoms with E-state index < -0.39 is 0 Å². The fraction of sp³-hybridized carbons (Fsp3) is 0. The summed E-state index contributed by atoms with van der Waals surface area (Å²) >= 11 is 0. The Labute approximate surface area is 85.4 Å². The largest absolute Gasteiger partial charge is 0 e. The van der Waals surface area contributed by atoms with Crippen LogP contribution in [0.3, 0.4) is 0 Å². The van der Waals surface area contributed by atoms with Crippen molar-refractivity contribution in [2.45, 2.75) is 0 Å². The van der Waals surface area contributed by atoms with Crippen molar-refractivity contribution in [2.75, 3.05) is 0 Å². The zero-order valence-electron chi connectivity index (χ0n) is 2.00. The van der Waals surface area contributed by atoms with Crippen molar-refractivity contribution in [2.24, 2.45) is 0 Å². The van der Waals surface area contributed by atoms with Gasteiger partial charge >= 0.3 is 0 Å². The zero-order chi connectivity index (χ0) is 0. The summed E-state index contributed by atoms with van der Waals surface area (Å²) in [5, 5.41) is 0. The van der Waals surface area contributed by atoms with Gasteiger partial charge in [0.2, 0.25) is 0 Å². The number of rotatable bonds is 0. The summed E-state index contributed by atoms with van der Waals surface area (Å²) in [7, 11) is 0. The summed E-state index contributed by atoms with van der Waals surface area (Å²) in [5.74, 6) is 0. The van der Waals surface area contributed by atoms with Gasteiger partial charge in [-0.25, -0.2) is 0 Å². The van der Waals surface area contributed by atoms with E-state index in [1.54, 1.807) is 0 Å². The average Bonchev–Trinajstić information content (AvgIpc) is 0. The molecular weight excluding hydrogens is 191 g/mol. The second-order valence-electron chi connectivity index (χ2n) is 0. The van der Waals surface area contributed by atoms with Gasteiger partial charge in [-0.3, -0.25) is 0 Å². The van der Waals surface area contributed by atoms with Gasteiger partial charge in [0.1, 0.15) is 0 Å². The number of hydrogen-bond donors (Lipinski definition) is 0. The molecule has 0 N–H and O–H groups in total. The third kappa shape index (κ3) is 8.85. The van der Waals surface area contributed by atoms with Gasteiger partial charge in [0.15, 0.2) is 0 Å². The second-order valence-corrected chi connectivity index (χ2v) is 0. The van der Waals surface area contributed by atoms with Crippen LogP contribution in [-0.4, -0.2) is 0 Å². The van der Waals surface area contributed by atoms with Crippen molar-refractivity contribution >= 4 is 0 Å². The minimum atomic E-state index is 0. The summed E-state index contributed by atoms with van der Waals surface area (Å²) < 4.78 is 0. The smallest absolute Gasteiger partial charge is 0 e. The molecule has 0 fully saturated rings. The standard InChI is InChI=1S/4Ti. The summed E-state index contributed by atoms with van der Waals surface area (Å²) in [5.41, 5.74) is 0. The monoisotopic (exact) mass is 192 g/mol. The molecule has 0 unspecified atom stereocenters. The first-order valence-corrected chi connectivity index (χ1v) is 0. The van der Waals surface area contributed by atoms with E-state index in [1.807, 2.05) is 0 Å². The van der Waals surface area contributed by atoms with Crippen LogP contribution < -0.4 is 0 Å². The van der Waals surface area contributed by atoms with E-state index in [4.69, 9.17) is 0 Å². The SMILES string of the molecule is [Ti].[Ti].[Ti].[Ti]. The first-order valence-electron chi connectivity index (χ1n) is 0. The molecule has 0 atom stereocenters. The molecule has 0 aromatic carbocycles. The first kappa shape index (κ1) is 28.8. The van der Waals surface area contributed by atoms with Crippen molar-refractivity contribution in [3.63, 3.8) is 0 Å². The van der Waals surface area contributed by atoms with Crippen LogP contribution in [0, 0.1) is 0 Å². The third-order valence-corrected chi connectivity index (χ3v) is 0. The van der Waals surface area contributed by atoms with Gasteiger partial charge in [-0.05, 0) is 0 Å². The summed E-state index contributed by atoms with van der Waals surface area (Å²) in [4.78, 5) is 0. The van der Waals surface area contributed by atoms with E-state index in [0.29, 0.717) is 0 Å². The van der Waals surface area contributed by atoms with Crippen LogP contribution in [-0.2, 0) is 86.9 Å². The fourth-order valence-corrected chi connectivity index (χ4v) is 0. The van der Waals surface area contributed by atoms with Crippen molar-refractivity contribution in [3.8, 4) is 0 Å². The molecule has 0 rings (SSSR count). The van der Waals surface area contributed by atoms with Crippen molar-refractivity contribution in [1.29, 1.82) is 0 Å². The molecule has 0 aromatic rings. The van der Waals surface area contributed by atoms with Crippen LogP contribution in [0.5, 0.6) is 0 Å². The van der Waals surface area contributed by atoms with Gasteiger partial charge in [-0.1, -0.05) is 0 Å². The van der Waals surface area contributed by atoms with E-state index in [1.165, 1.54) is 0 Å². The van der Waals surface area contributed by atoms with Gasteiger partial charge in [0, 0.05) is 86.9 Å². The molecule has 0 aliphatic carbocycles. The zero-order valence-corrected chi connectivity index (χ0v) is 8.25. The van der Waals surface area contributed by atoms with Gasteiger partial charge in [0.25, 0.3) is 0 Å². The van der Waals surface area contributed by atoms with Crippen molar-refractivity contribution in [1.82, 2.24) is 0 Å². The molecular formula is Ti4. The minimum absolute atomic E-state index is 0. The Bertz CT molecular complexity index is 0. The number of hydrogen-bond acceptors (Lipinski definition) is 0. The summed E-state index contributed by atoms with van der Waals surface area (Å²) in [6.07, 6.45) is 0. The topological polar surface area (TPSA) is 0 Å². The second kappa shape index (κ2) is 16.9. The maximum absolute atomic E-state index is 0. The minimum Gasteiger partial charge on any atom is 0 e. The molecule has 0 heterocycles. The molecule has 0 amide bonds. The van der Waals surface area contributed by atoms with Crippen LogP contribution in [0.25, 0.3) is 0 Å². The van der Waals surface area contributed by atoms with Crippen LogP contribution in [0.4, 0.5) is 0 Å². The Kier molecular flexibility index (Phi) is 122. The van der Waals surface area contributed by atoms with E-state index in [9.17, 15) is 0 Å². The van der Waals surface area contributed by atoms with E-state index in [-0.39, 0.29) is 86.9 Å². The van der Waals surface area contributed by atoms with E-state index in [0.717, 1.165) is 0 Å². The van der Waals surface area contributed by atoms with Crippen LogP contribution in [0.2, 0.25) is 0 Å². The molecule has 16 valence electrons. The molecule has 0 saturated heterocycles. The molecule has 0 spiro atoms. The summed E-state index contributed by atoms with van der Waals surface area (Å²) in [6, 6.07) is 0. The molecule has 0 aliphatic heterocycles. The first-order chi connectivity index (χ1) is 0. The third-order valence-electron chi connectivity index (χ3n) is 0. The van der Waals surface area contributed by atoms with Crippen molar-refractivity contribution in [3.05, 3.63) is 0 Å². The maximum atomic E-state index is 0. The fourth-order valence-electron chi connectivity index (χ4n) is 0. The van der Waals surface area contributed by atoms with E-state index in [2.05, 4.69) is 0 Å². The van der Waals surface area contributed by atoms with Crippen LogP contribution in [0.15, 0.2) is 0 Å². The summed E-state index contributed by atoms with van der Waals surface area (Å²) in [6.45, 7) is 0. The van der Waals surface area contributed by atoms with Gasteiger partial charge in [-0.15, -0.1) is 0 Å². The van der Waals surface area contributed by atoms with Gasteiger partial charge in [0.05, 0.1) is 0 Å². The van der Waals surface area contributed by atoms with Crippen LogP contribution in [0.1, 0.15) is 0 Å². The molecule has 0 aliphatic rings. The van der Waals surface area contributed by atoms with E-state index >= 15 is 0 Å². The van der Waals surface area contributed by atoms with Gasteiger partial charge < -0.3 is 0 Å². The maximum Gasteiger partial charge on any atom is 0 e. The molecule has 4 heavy (non-hydrogen) atoms. The Morgan fingerprint density at radius 2 is 0.250 bits per heavy atom. The molecule has 0 bridgehead atoms. The Balaban J connectivity index is 0. The Morgan fingerprint density at radius 1 is 0.250 bits per heavy atom. The average molecular weight is 191 g/mol.